The van der Waals surface area contributed by atoms with E-state index in [1.807, 2.05) is 13.8 Å². The molecular formula is C11H20O4. The number of hydrogen-bond acceptors (Lipinski definition) is 4. The highest BCUT2D eigenvalue weighted by molar-refractivity contribution is 5.66. The predicted molar refractivity (Wildman–Crippen MR) is 56.3 cm³/mol. The van der Waals surface area contributed by atoms with Crippen molar-refractivity contribution in [1.29, 1.82) is 0 Å². The van der Waals surface area contributed by atoms with Crippen LogP contribution >= 0.6 is 0 Å². The van der Waals surface area contributed by atoms with Gasteiger partial charge in [-0.3, -0.25) is 9.59 Å². The summed E-state index contributed by atoms with van der Waals surface area (Å²) < 4.78 is 9.93. The fourth-order valence-electron chi connectivity index (χ4n) is 1.38. The Bertz CT molecular complexity index is 191. The maximum absolute atomic E-state index is 10.6. The van der Waals surface area contributed by atoms with Crippen LogP contribution in [0.3, 0.4) is 0 Å². The first-order valence-electron chi connectivity index (χ1n) is 5.26. The van der Waals surface area contributed by atoms with E-state index in [2.05, 4.69) is 0 Å². The Hall–Kier alpha value is -1.06. The lowest BCUT2D eigenvalue weighted by molar-refractivity contribution is -0.145. The van der Waals surface area contributed by atoms with Crippen molar-refractivity contribution in [2.24, 2.45) is 0 Å². The van der Waals surface area contributed by atoms with Crippen LogP contribution in [-0.4, -0.2) is 24.1 Å². The van der Waals surface area contributed by atoms with Gasteiger partial charge in [-0.05, 0) is 33.1 Å². The van der Waals surface area contributed by atoms with Crippen LogP contribution in [0.4, 0.5) is 0 Å². The molecule has 2 atom stereocenters. The topological polar surface area (TPSA) is 52.6 Å². The van der Waals surface area contributed by atoms with Gasteiger partial charge in [0.05, 0.1) is 12.2 Å². The summed E-state index contributed by atoms with van der Waals surface area (Å²) in [6, 6.07) is 0. The van der Waals surface area contributed by atoms with Crippen molar-refractivity contribution in [3.63, 3.8) is 0 Å². The van der Waals surface area contributed by atoms with Crippen LogP contribution < -0.4 is 0 Å². The molecule has 0 fully saturated rings. The van der Waals surface area contributed by atoms with Gasteiger partial charge in [-0.2, -0.15) is 0 Å². The van der Waals surface area contributed by atoms with E-state index >= 15 is 0 Å². The Labute approximate surface area is 90.9 Å². The summed E-state index contributed by atoms with van der Waals surface area (Å²) in [7, 11) is 0. The Morgan fingerprint density at radius 1 is 0.933 bits per heavy atom. The molecule has 0 saturated carbocycles. The Balaban J connectivity index is 3.52. The molecule has 0 spiro atoms. The average molecular weight is 216 g/mol. The monoisotopic (exact) mass is 216 g/mol. The number of esters is 2. The molecule has 4 nitrogen and oxygen atoms in total. The Morgan fingerprint density at radius 3 is 1.53 bits per heavy atom. The van der Waals surface area contributed by atoms with E-state index in [9.17, 15) is 9.59 Å². The summed E-state index contributed by atoms with van der Waals surface area (Å²) in [6.45, 7) is 6.52. The molecule has 0 aliphatic heterocycles. The fourth-order valence-corrected chi connectivity index (χ4v) is 1.38. The lowest BCUT2D eigenvalue weighted by atomic mass is 10.1. The van der Waals surface area contributed by atoms with Gasteiger partial charge in [0.15, 0.2) is 0 Å². The van der Waals surface area contributed by atoms with E-state index in [0.717, 1.165) is 19.3 Å². The van der Waals surface area contributed by atoms with E-state index in [0.29, 0.717) is 0 Å². The van der Waals surface area contributed by atoms with E-state index in [-0.39, 0.29) is 24.1 Å². The van der Waals surface area contributed by atoms with Crippen molar-refractivity contribution < 1.29 is 19.1 Å². The molecule has 0 aliphatic carbocycles. The van der Waals surface area contributed by atoms with Gasteiger partial charge < -0.3 is 9.47 Å². The van der Waals surface area contributed by atoms with Gasteiger partial charge >= 0.3 is 11.9 Å². The van der Waals surface area contributed by atoms with E-state index in [4.69, 9.17) is 9.47 Å². The van der Waals surface area contributed by atoms with Crippen LogP contribution in [0, 0.1) is 0 Å². The van der Waals surface area contributed by atoms with Gasteiger partial charge in [-0.25, -0.2) is 0 Å². The summed E-state index contributed by atoms with van der Waals surface area (Å²) >= 11 is 0. The lowest BCUT2D eigenvalue weighted by Crippen LogP contribution is -2.15. The minimum Gasteiger partial charge on any atom is -0.463 e. The number of rotatable bonds is 6. The molecule has 0 radical (unpaired) electrons. The van der Waals surface area contributed by atoms with E-state index in [1.54, 1.807) is 0 Å². The van der Waals surface area contributed by atoms with Crippen LogP contribution in [0.15, 0.2) is 0 Å². The number of ether oxygens (including phenoxy) is 2. The summed E-state index contributed by atoms with van der Waals surface area (Å²) in [5.74, 6) is -0.508. The van der Waals surface area contributed by atoms with Gasteiger partial charge in [0.1, 0.15) is 0 Å². The maximum atomic E-state index is 10.6. The smallest absolute Gasteiger partial charge is 0.302 e. The van der Waals surface area contributed by atoms with Crippen molar-refractivity contribution in [3.05, 3.63) is 0 Å². The van der Waals surface area contributed by atoms with Crippen LogP contribution in [0.5, 0.6) is 0 Å². The normalized spacial score (nSPS) is 14.1. The zero-order chi connectivity index (χ0) is 11.8. The third-order valence-corrected chi connectivity index (χ3v) is 1.96. The molecule has 0 rings (SSSR count). The molecule has 4 heteroatoms. The quantitative estimate of drug-likeness (QED) is 0.638. The van der Waals surface area contributed by atoms with Crippen LogP contribution in [0.1, 0.15) is 47.0 Å². The second-order valence-corrected chi connectivity index (χ2v) is 3.77. The molecular weight excluding hydrogens is 196 g/mol. The van der Waals surface area contributed by atoms with Crippen molar-refractivity contribution in [2.75, 3.05) is 0 Å². The van der Waals surface area contributed by atoms with Crippen LogP contribution in [0.25, 0.3) is 0 Å². The Kier molecular flexibility index (Phi) is 6.75. The molecule has 0 amide bonds. The van der Waals surface area contributed by atoms with Gasteiger partial charge in [0, 0.05) is 13.8 Å². The minimum absolute atomic E-state index is 0.0629. The second-order valence-electron chi connectivity index (χ2n) is 3.77. The predicted octanol–water partition coefficient (Wildman–Crippen LogP) is 2.06. The molecule has 0 bridgehead atoms. The molecule has 15 heavy (non-hydrogen) atoms. The fraction of sp³-hybridized carbons (Fsp3) is 0.818. The van der Waals surface area contributed by atoms with Gasteiger partial charge in [-0.15, -0.1) is 0 Å². The second kappa shape index (κ2) is 7.26. The SMILES string of the molecule is CC(=O)O[C@@H](C)CCC[C@H](C)OC(C)=O. The summed E-state index contributed by atoms with van der Waals surface area (Å²) in [5.41, 5.74) is 0. The zero-order valence-corrected chi connectivity index (χ0v) is 9.91. The van der Waals surface area contributed by atoms with Crippen molar-refractivity contribution >= 4 is 11.9 Å². The van der Waals surface area contributed by atoms with E-state index in [1.165, 1.54) is 13.8 Å². The zero-order valence-electron chi connectivity index (χ0n) is 9.91. The standard InChI is InChI=1S/C11H20O4/c1-8(14-10(3)12)6-5-7-9(2)15-11(4)13/h8-9H,5-7H2,1-4H3/t8-,9-/m0/s1. The van der Waals surface area contributed by atoms with Gasteiger partial charge in [0.2, 0.25) is 0 Å². The largest absolute Gasteiger partial charge is 0.463 e. The molecule has 0 saturated heterocycles. The molecule has 0 N–H and O–H groups in total. The highest BCUT2D eigenvalue weighted by atomic mass is 16.5. The summed E-state index contributed by atoms with van der Waals surface area (Å²) in [4.78, 5) is 21.2. The lowest BCUT2D eigenvalue weighted by Gasteiger charge is -2.14. The molecule has 0 aromatic carbocycles. The van der Waals surface area contributed by atoms with Crippen LogP contribution in [0.2, 0.25) is 0 Å². The van der Waals surface area contributed by atoms with Crippen LogP contribution in [-0.2, 0) is 19.1 Å². The minimum atomic E-state index is -0.254. The van der Waals surface area contributed by atoms with Crippen molar-refractivity contribution in [3.8, 4) is 0 Å². The van der Waals surface area contributed by atoms with Crippen molar-refractivity contribution in [2.45, 2.75) is 59.2 Å². The number of hydrogen-bond donors (Lipinski definition) is 0. The first-order valence-corrected chi connectivity index (χ1v) is 5.26. The first kappa shape index (κ1) is 13.9. The maximum Gasteiger partial charge on any atom is 0.302 e. The number of carbonyl (C=O) groups excluding carboxylic acids is 2. The summed E-state index contributed by atoms with van der Waals surface area (Å²) in [6.07, 6.45) is 2.35. The highest BCUT2D eigenvalue weighted by Crippen LogP contribution is 2.09. The molecule has 0 aliphatic rings. The average Bonchev–Trinajstić information content (AvgIpc) is 2.00. The van der Waals surface area contributed by atoms with E-state index < -0.39 is 0 Å². The molecule has 0 unspecified atom stereocenters. The highest BCUT2D eigenvalue weighted by Gasteiger charge is 2.08. The van der Waals surface area contributed by atoms with Crippen molar-refractivity contribution in [1.82, 2.24) is 0 Å². The summed E-state index contributed by atoms with van der Waals surface area (Å²) in [5, 5.41) is 0. The number of carbonyl (C=O) groups is 2. The third kappa shape index (κ3) is 9.25. The Morgan fingerprint density at radius 2 is 1.27 bits per heavy atom. The first-order chi connectivity index (χ1) is 6.91. The molecule has 0 heterocycles. The van der Waals surface area contributed by atoms with Gasteiger partial charge in [0.25, 0.3) is 0 Å². The third-order valence-electron chi connectivity index (χ3n) is 1.96. The molecule has 0 aromatic heterocycles. The molecule has 0 aromatic rings. The van der Waals surface area contributed by atoms with Gasteiger partial charge in [-0.1, -0.05) is 0 Å². The molecule has 88 valence electrons.